The summed E-state index contributed by atoms with van der Waals surface area (Å²) in [5.74, 6) is 0.959. The van der Waals surface area contributed by atoms with Crippen molar-refractivity contribution >= 4 is 0 Å². The van der Waals surface area contributed by atoms with Gasteiger partial charge in [0.2, 0.25) is 0 Å². The van der Waals surface area contributed by atoms with Gasteiger partial charge in [-0.25, -0.2) is 0 Å². The third-order valence-electron chi connectivity index (χ3n) is 3.95. The zero-order valence-corrected chi connectivity index (χ0v) is 14.0. The molecule has 0 aliphatic rings. The zero-order valence-electron chi connectivity index (χ0n) is 14.0. The lowest BCUT2D eigenvalue weighted by Crippen LogP contribution is -2.80. The third-order valence-corrected chi connectivity index (χ3v) is 3.95. The standard InChI is InChI=1S/C21H22N2O/c1-17-8-10-18(11-9-17)16-24-21-7-3-2-6-20(21)15-23-14-19-5-4-12-22-13-19/h2-13,23H,14-16H2,1H3/p+1. The van der Waals surface area contributed by atoms with E-state index in [1.807, 2.05) is 24.4 Å². The van der Waals surface area contributed by atoms with Crippen molar-refractivity contribution in [2.45, 2.75) is 26.6 Å². The average Bonchev–Trinajstić information content (AvgIpc) is 2.63. The first kappa shape index (κ1) is 16.2. The molecule has 0 saturated heterocycles. The van der Waals surface area contributed by atoms with Gasteiger partial charge in [-0.05, 0) is 30.7 Å². The van der Waals surface area contributed by atoms with Crippen LogP contribution in [0.3, 0.4) is 0 Å². The van der Waals surface area contributed by atoms with Crippen LogP contribution in [0.4, 0.5) is 0 Å². The van der Waals surface area contributed by atoms with Crippen LogP contribution in [0, 0.1) is 6.92 Å². The van der Waals surface area contributed by atoms with Crippen LogP contribution in [0.2, 0.25) is 0 Å². The molecule has 122 valence electrons. The number of rotatable bonds is 7. The van der Waals surface area contributed by atoms with E-state index < -0.39 is 0 Å². The molecular formula is C21H23N2O+. The lowest BCUT2D eigenvalue weighted by Gasteiger charge is -2.11. The Morgan fingerprint density at radius 2 is 1.71 bits per heavy atom. The molecule has 0 aliphatic heterocycles. The molecular weight excluding hydrogens is 296 g/mol. The van der Waals surface area contributed by atoms with Gasteiger partial charge in [-0.2, -0.15) is 0 Å². The molecule has 0 fully saturated rings. The molecule has 0 spiro atoms. The molecule has 3 nitrogen and oxygen atoms in total. The Labute approximate surface area is 143 Å². The molecule has 0 bridgehead atoms. The first-order chi connectivity index (χ1) is 11.8. The summed E-state index contributed by atoms with van der Waals surface area (Å²) >= 11 is 0. The largest absolute Gasteiger partial charge is 0.488 e. The number of pyridine rings is 1. The van der Waals surface area contributed by atoms with Gasteiger partial charge in [0, 0.05) is 23.5 Å². The van der Waals surface area contributed by atoms with Crippen molar-refractivity contribution in [1.29, 1.82) is 0 Å². The Morgan fingerprint density at radius 1 is 0.875 bits per heavy atom. The van der Waals surface area contributed by atoms with Crippen molar-refractivity contribution in [3.05, 3.63) is 95.3 Å². The van der Waals surface area contributed by atoms with Crippen LogP contribution in [-0.4, -0.2) is 4.98 Å². The number of nitrogens with zero attached hydrogens (tertiary/aromatic N) is 1. The van der Waals surface area contributed by atoms with Crippen LogP contribution in [-0.2, 0) is 19.7 Å². The van der Waals surface area contributed by atoms with Crippen LogP contribution in [0.25, 0.3) is 0 Å². The van der Waals surface area contributed by atoms with E-state index in [2.05, 4.69) is 59.7 Å². The molecule has 3 heteroatoms. The molecule has 0 saturated carbocycles. The monoisotopic (exact) mass is 319 g/mol. The summed E-state index contributed by atoms with van der Waals surface area (Å²) in [6.07, 6.45) is 3.72. The maximum atomic E-state index is 6.03. The van der Waals surface area contributed by atoms with Crippen molar-refractivity contribution in [3.8, 4) is 5.75 Å². The number of aryl methyl sites for hydroxylation is 1. The van der Waals surface area contributed by atoms with Crippen molar-refractivity contribution in [2.24, 2.45) is 0 Å². The normalized spacial score (nSPS) is 10.5. The van der Waals surface area contributed by atoms with Gasteiger partial charge in [0.15, 0.2) is 0 Å². The highest BCUT2D eigenvalue weighted by Gasteiger charge is 2.05. The molecule has 0 aliphatic carbocycles. The van der Waals surface area contributed by atoms with Crippen molar-refractivity contribution < 1.29 is 10.1 Å². The molecule has 0 unspecified atom stereocenters. The second-order valence-electron chi connectivity index (χ2n) is 5.94. The molecule has 0 radical (unpaired) electrons. The van der Waals surface area contributed by atoms with E-state index in [4.69, 9.17) is 4.74 Å². The van der Waals surface area contributed by atoms with Gasteiger partial charge in [-0.3, -0.25) is 4.98 Å². The number of quaternary nitrogens is 1. The van der Waals surface area contributed by atoms with Gasteiger partial charge in [0.05, 0.1) is 0 Å². The van der Waals surface area contributed by atoms with E-state index in [1.54, 1.807) is 6.20 Å². The van der Waals surface area contributed by atoms with Crippen molar-refractivity contribution in [2.75, 3.05) is 0 Å². The van der Waals surface area contributed by atoms with Gasteiger partial charge in [-0.15, -0.1) is 0 Å². The van der Waals surface area contributed by atoms with Gasteiger partial charge < -0.3 is 10.1 Å². The minimum absolute atomic E-state index is 0.597. The molecule has 0 atom stereocenters. The summed E-state index contributed by atoms with van der Waals surface area (Å²) in [5, 5.41) is 2.27. The smallest absolute Gasteiger partial charge is 0.128 e. The van der Waals surface area contributed by atoms with E-state index in [-0.39, 0.29) is 0 Å². The second kappa shape index (κ2) is 8.27. The predicted octanol–water partition coefficient (Wildman–Crippen LogP) is 3.23. The fourth-order valence-corrected chi connectivity index (χ4v) is 2.57. The second-order valence-corrected chi connectivity index (χ2v) is 5.94. The van der Waals surface area contributed by atoms with Gasteiger partial charge >= 0.3 is 0 Å². The van der Waals surface area contributed by atoms with Crippen molar-refractivity contribution in [3.63, 3.8) is 0 Å². The summed E-state index contributed by atoms with van der Waals surface area (Å²) in [5.41, 5.74) is 4.91. The Balaban J connectivity index is 1.57. The molecule has 3 aromatic rings. The summed E-state index contributed by atoms with van der Waals surface area (Å²) in [4.78, 5) is 4.15. The summed E-state index contributed by atoms with van der Waals surface area (Å²) in [6, 6.07) is 20.8. The summed E-state index contributed by atoms with van der Waals surface area (Å²) < 4.78 is 6.03. The maximum absolute atomic E-state index is 6.03. The molecule has 1 heterocycles. The number of nitrogens with two attached hydrogens (primary N) is 1. The van der Waals surface area contributed by atoms with E-state index >= 15 is 0 Å². The van der Waals surface area contributed by atoms with Crippen LogP contribution in [0.1, 0.15) is 22.3 Å². The van der Waals surface area contributed by atoms with Gasteiger partial charge in [-0.1, -0.05) is 48.0 Å². The maximum Gasteiger partial charge on any atom is 0.128 e. The minimum Gasteiger partial charge on any atom is -0.488 e. The zero-order chi connectivity index (χ0) is 16.6. The Kier molecular flexibility index (Phi) is 5.59. The SMILES string of the molecule is Cc1ccc(COc2ccccc2C[NH2+]Cc2cccnc2)cc1. The Bertz CT molecular complexity index is 754. The highest BCUT2D eigenvalue weighted by molar-refractivity contribution is 5.33. The number of benzene rings is 2. The molecule has 1 aromatic heterocycles. The number of ether oxygens (including phenoxy) is 1. The molecule has 2 aromatic carbocycles. The number of aromatic nitrogens is 1. The topological polar surface area (TPSA) is 38.7 Å². The van der Waals surface area contributed by atoms with Crippen molar-refractivity contribution in [1.82, 2.24) is 4.98 Å². The number of hydrogen-bond acceptors (Lipinski definition) is 2. The fraction of sp³-hybridized carbons (Fsp3) is 0.190. The predicted molar refractivity (Wildman–Crippen MR) is 95.5 cm³/mol. The number of para-hydroxylation sites is 1. The quantitative estimate of drug-likeness (QED) is 0.726. The first-order valence-electron chi connectivity index (χ1n) is 8.28. The highest BCUT2D eigenvalue weighted by Crippen LogP contribution is 2.18. The Morgan fingerprint density at radius 3 is 2.50 bits per heavy atom. The summed E-state index contributed by atoms with van der Waals surface area (Å²) in [6.45, 7) is 4.50. The van der Waals surface area contributed by atoms with Crippen LogP contribution < -0.4 is 10.1 Å². The first-order valence-corrected chi connectivity index (χ1v) is 8.28. The van der Waals surface area contributed by atoms with E-state index in [0.29, 0.717) is 6.61 Å². The molecule has 0 amide bonds. The fourth-order valence-electron chi connectivity index (χ4n) is 2.57. The van der Waals surface area contributed by atoms with Gasteiger partial charge in [0.1, 0.15) is 25.4 Å². The summed E-state index contributed by atoms with van der Waals surface area (Å²) in [7, 11) is 0. The minimum atomic E-state index is 0.597. The Hall–Kier alpha value is -2.65. The molecule has 2 N–H and O–H groups in total. The lowest BCUT2D eigenvalue weighted by molar-refractivity contribution is -0.686. The van der Waals surface area contributed by atoms with Crippen LogP contribution in [0.5, 0.6) is 5.75 Å². The van der Waals surface area contributed by atoms with E-state index in [0.717, 1.165) is 18.8 Å². The van der Waals surface area contributed by atoms with Gasteiger partial charge in [0.25, 0.3) is 0 Å². The van der Waals surface area contributed by atoms with E-state index in [9.17, 15) is 0 Å². The van der Waals surface area contributed by atoms with Crippen LogP contribution in [0.15, 0.2) is 73.1 Å². The molecule has 24 heavy (non-hydrogen) atoms. The lowest BCUT2D eigenvalue weighted by atomic mass is 10.1. The average molecular weight is 319 g/mol. The van der Waals surface area contributed by atoms with Crippen LogP contribution >= 0.6 is 0 Å². The molecule has 3 rings (SSSR count). The number of hydrogen-bond donors (Lipinski definition) is 1. The highest BCUT2D eigenvalue weighted by atomic mass is 16.5. The van der Waals surface area contributed by atoms with E-state index in [1.165, 1.54) is 22.3 Å². The third kappa shape index (κ3) is 4.67.